The number of hydrogen-bond acceptors (Lipinski definition) is 3. The molecule has 0 aliphatic heterocycles. The molecule has 0 unspecified atom stereocenters. The molecule has 0 aliphatic rings. The Morgan fingerprint density at radius 2 is 1.86 bits per heavy atom. The Morgan fingerprint density at radius 3 is 2.14 bits per heavy atom. The minimum Gasteiger partial charge on any atom is -0.243 e. The van der Waals surface area contributed by atoms with Crippen LogP contribution in [-0.4, -0.2) is 13.4 Å². The fraction of sp³-hybridized carbons (Fsp3) is 0.167. The van der Waals surface area contributed by atoms with Crippen LogP contribution in [0.15, 0.2) is 23.4 Å². The molecule has 0 amide bonds. The lowest BCUT2D eigenvalue weighted by Gasteiger charge is -2.05. The average Bonchev–Trinajstić information content (AvgIpc) is 2.01. The zero-order chi connectivity index (χ0) is 11.0. The summed E-state index contributed by atoms with van der Waals surface area (Å²) in [6, 6.07) is 1.30. The van der Waals surface area contributed by atoms with E-state index in [2.05, 4.69) is 4.98 Å². The number of pyridine rings is 1. The van der Waals surface area contributed by atoms with Crippen LogP contribution < -0.4 is 0 Å². The van der Waals surface area contributed by atoms with Crippen LogP contribution in [0.2, 0.25) is 0 Å². The second-order valence-corrected chi connectivity index (χ2v) is 4.83. The predicted octanol–water partition coefficient (Wildman–Crippen LogP) is 2.03. The number of nitrogens with zero attached hydrogens (tertiary/aromatic N) is 1. The first-order chi connectivity index (χ1) is 6.21. The number of alkyl halides is 3. The summed E-state index contributed by atoms with van der Waals surface area (Å²) in [5, 5.41) is -0.604. The SMILES string of the molecule is O=S(=O)(Cl)c1ccc(C(F)(F)F)cn1. The van der Waals surface area contributed by atoms with Crippen molar-refractivity contribution in [3.63, 3.8) is 0 Å². The molecule has 0 aliphatic carbocycles. The molecule has 0 saturated carbocycles. The van der Waals surface area contributed by atoms with E-state index >= 15 is 0 Å². The fourth-order valence-corrected chi connectivity index (χ4v) is 1.38. The Bertz CT molecular complexity index is 425. The van der Waals surface area contributed by atoms with Crippen LogP contribution in [0.3, 0.4) is 0 Å². The van der Waals surface area contributed by atoms with Crippen LogP contribution in [0.25, 0.3) is 0 Å². The van der Waals surface area contributed by atoms with Gasteiger partial charge in [0.15, 0.2) is 5.03 Å². The third kappa shape index (κ3) is 2.58. The van der Waals surface area contributed by atoms with Gasteiger partial charge in [0.1, 0.15) is 0 Å². The molecule has 0 radical (unpaired) electrons. The van der Waals surface area contributed by atoms with E-state index in [1.807, 2.05) is 0 Å². The van der Waals surface area contributed by atoms with Gasteiger partial charge in [0.2, 0.25) is 0 Å². The molecule has 1 rings (SSSR count). The van der Waals surface area contributed by atoms with Gasteiger partial charge in [-0.3, -0.25) is 0 Å². The van der Waals surface area contributed by atoms with E-state index in [4.69, 9.17) is 10.7 Å². The molecule has 0 N–H and O–H groups in total. The second-order valence-electron chi connectivity index (χ2n) is 2.32. The van der Waals surface area contributed by atoms with E-state index in [0.29, 0.717) is 18.3 Å². The molecule has 0 atom stereocenters. The Hall–Kier alpha value is -0.820. The normalized spacial score (nSPS) is 12.9. The first-order valence-electron chi connectivity index (χ1n) is 3.19. The molecule has 1 aromatic heterocycles. The molecule has 0 fully saturated rings. The molecule has 3 nitrogen and oxygen atoms in total. The number of aromatic nitrogens is 1. The van der Waals surface area contributed by atoms with Gasteiger partial charge in [0.25, 0.3) is 9.05 Å². The first-order valence-corrected chi connectivity index (χ1v) is 5.50. The van der Waals surface area contributed by atoms with Crippen LogP contribution in [-0.2, 0) is 15.2 Å². The van der Waals surface area contributed by atoms with E-state index in [-0.39, 0.29) is 0 Å². The zero-order valence-electron chi connectivity index (χ0n) is 6.42. The standard InChI is InChI=1S/C6H3ClF3NO2S/c7-14(12,13)5-2-1-4(3-11-5)6(8,9)10/h1-3H. The summed E-state index contributed by atoms with van der Waals surface area (Å²) >= 11 is 0. The van der Waals surface area contributed by atoms with Crippen LogP contribution >= 0.6 is 10.7 Å². The summed E-state index contributed by atoms with van der Waals surface area (Å²) in [6.45, 7) is 0. The highest BCUT2D eigenvalue weighted by atomic mass is 35.7. The summed E-state index contributed by atoms with van der Waals surface area (Å²) in [4.78, 5) is 3.08. The van der Waals surface area contributed by atoms with Gasteiger partial charge < -0.3 is 0 Å². The minimum absolute atomic E-state index is 0.412. The number of hydrogen-bond donors (Lipinski definition) is 0. The Labute approximate surface area is 81.9 Å². The average molecular weight is 246 g/mol. The van der Waals surface area contributed by atoms with Crippen LogP contribution in [0.5, 0.6) is 0 Å². The maximum absolute atomic E-state index is 12.0. The van der Waals surface area contributed by atoms with E-state index in [1.54, 1.807) is 0 Å². The topological polar surface area (TPSA) is 47.0 Å². The Balaban J connectivity index is 3.14. The predicted molar refractivity (Wildman–Crippen MR) is 42.3 cm³/mol. The van der Waals surface area contributed by atoms with Crippen LogP contribution in [0.1, 0.15) is 5.56 Å². The van der Waals surface area contributed by atoms with Crippen LogP contribution in [0, 0.1) is 0 Å². The number of rotatable bonds is 1. The van der Waals surface area contributed by atoms with Crippen molar-refractivity contribution in [2.75, 3.05) is 0 Å². The third-order valence-corrected chi connectivity index (χ3v) is 2.53. The van der Waals surface area contributed by atoms with Gasteiger partial charge in [0.05, 0.1) is 5.56 Å². The minimum atomic E-state index is -4.54. The molecule has 0 saturated heterocycles. The first kappa shape index (κ1) is 11.3. The Morgan fingerprint density at radius 1 is 1.29 bits per heavy atom. The summed E-state index contributed by atoms with van der Waals surface area (Å²) in [5.41, 5.74) is -1.03. The highest BCUT2D eigenvalue weighted by Crippen LogP contribution is 2.29. The Kier molecular flexibility index (Phi) is 2.73. The maximum Gasteiger partial charge on any atom is 0.417 e. The van der Waals surface area contributed by atoms with Gasteiger partial charge in [-0.2, -0.15) is 13.2 Å². The van der Waals surface area contributed by atoms with E-state index in [9.17, 15) is 21.6 Å². The highest BCUT2D eigenvalue weighted by molar-refractivity contribution is 8.13. The second kappa shape index (κ2) is 3.39. The van der Waals surface area contributed by atoms with Crippen molar-refractivity contribution in [1.82, 2.24) is 4.98 Å². The highest BCUT2D eigenvalue weighted by Gasteiger charge is 2.31. The molecule has 1 heterocycles. The lowest BCUT2D eigenvalue weighted by atomic mass is 10.3. The zero-order valence-corrected chi connectivity index (χ0v) is 7.99. The van der Waals surface area contributed by atoms with Gasteiger partial charge in [-0.1, -0.05) is 0 Å². The van der Waals surface area contributed by atoms with Crippen molar-refractivity contribution in [3.8, 4) is 0 Å². The van der Waals surface area contributed by atoms with E-state index in [1.165, 1.54) is 0 Å². The molecular weight excluding hydrogens is 243 g/mol. The summed E-state index contributed by atoms with van der Waals surface area (Å²) in [6.07, 6.45) is -4.13. The van der Waals surface area contributed by atoms with Crippen molar-refractivity contribution in [2.45, 2.75) is 11.2 Å². The maximum atomic E-state index is 12.0. The fourth-order valence-electron chi connectivity index (χ4n) is 0.692. The lowest BCUT2D eigenvalue weighted by molar-refractivity contribution is -0.137. The monoisotopic (exact) mass is 245 g/mol. The van der Waals surface area contributed by atoms with Gasteiger partial charge in [-0.05, 0) is 12.1 Å². The van der Waals surface area contributed by atoms with Crippen molar-refractivity contribution >= 4 is 19.7 Å². The van der Waals surface area contributed by atoms with E-state index in [0.717, 1.165) is 0 Å². The van der Waals surface area contributed by atoms with Crippen molar-refractivity contribution < 1.29 is 21.6 Å². The molecule has 78 valence electrons. The summed E-state index contributed by atoms with van der Waals surface area (Å²) in [7, 11) is 0.782. The molecule has 0 aromatic carbocycles. The quantitative estimate of drug-likeness (QED) is 0.711. The largest absolute Gasteiger partial charge is 0.417 e. The van der Waals surface area contributed by atoms with Crippen molar-refractivity contribution in [3.05, 3.63) is 23.9 Å². The summed E-state index contributed by atoms with van der Waals surface area (Å²) < 4.78 is 57.2. The lowest BCUT2D eigenvalue weighted by Crippen LogP contribution is -2.06. The molecule has 8 heteroatoms. The van der Waals surface area contributed by atoms with Crippen molar-refractivity contribution in [1.29, 1.82) is 0 Å². The smallest absolute Gasteiger partial charge is 0.243 e. The van der Waals surface area contributed by atoms with Gasteiger partial charge >= 0.3 is 6.18 Å². The molecule has 1 aromatic rings. The van der Waals surface area contributed by atoms with Gasteiger partial charge in [0, 0.05) is 16.9 Å². The third-order valence-electron chi connectivity index (χ3n) is 1.31. The van der Waals surface area contributed by atoms with Crippen molar-refractivity contribution in [2.24, 2.45) is 0 Å². The van der Waals surface area contributed by atoms with Crippen LogP contribution in [0.4, 0.5) is 13.2 Å². The summed E-state index contributed by atoms with van der Waals surface area (Å²) in [5.74, 6) is 0. The van der Waals surface area contributed by atoms with Gasteiger partial charge in [-0.15, -0.1) is 0 Å². The molecule has 14 heavy (non-hydrogen) atoms. The molecular formula is C6H3ClF3NO2S. The number of halogens is 4. The molecule has 0 bridgehead atoms. The van der Waals surface area contributed by atoms with Gasteiger partial charge in [-0.25, -0.2) is 13.4 Å². The molecule has 0 spiro atoms. The van der Waals surface area contributed by atoms with E-state index < -0.39 is 25.8 Å².